The Balaban J connectivity index is 1.70. The maximum atomic E-state index is 13.2. The van der Waals surface area contributed by atoms with Gasteiger partial charge in [0.25, 0.3) is 0 Å². The Morgan fingerprint density at radius 1 is 1.10 bits per heavy atom. The third kappa shape index (κ3) is 4.71. The van der Waals surface area contributed by atoms with E-state index in [9.17, 15) is 13.2 Å². The van der Waals surface area contributed by atoms with Crippen molar-refractivity contribution in [3.63, 3.8) is 0 Å². The summed E-state index contributed by atoms with van der Waals surface area (Å²) in [7, 11) is -2.04. The maximum absolute atomic E-state index is 13.2. The molecule has 3 rings (SSSR count). The Morgan fingerprint density at radius 3 is 2.27 bits per heavy atom. The second-order valence-corrected chi connectivity index (χ2v) is 10.5. The molecule has 2 aromatic carbocycles. The van der Waals surface area contributed by atoms with E-state index in [0.29, 0.717) is 42.3 Å². The highest BCUT2D eigenvalue weighted by Gasteiger charge is 2.34. The zero-order valence-corrected chi connectivity index (χ0v) is 20.1. The SMILES string of the molecule is COc1ccc(Br)cc1NC(=O)C1CCN(S(=O)(=O)c2c(C)cc(C)cc2C)CC1. The van der Waals surface area contributed by atoms with Crippen LogP contribution in [0.25, 0.3) is 0 Å². The zero-order valence-electron chi connectivity index (χ0n) is 17.7. The van der Waals surface area contributed by atoms with E-state index >= 15 is 0 Å². The highest BCUT2D eigenvalue weighted by molar-refractivity contribution is 9.10. The molecule has 1 N–H and O–H groups in total. The number of ether oxygens (including phenoxy) is 1. The smallest absolute Gasteiger partial charge is 0.243 e. The van der Waals surface area contributed by atoms with E-state index in [4.69, 9.17) is 4.74 Å². The number of hydrogen-bond acceptors (Lipinski definition) is 4. The fourth-order valence-corrected chi connectivity index (χ4v) is 6.32. The Kier molecular flexibility index (Phi) is 6.89. The number of nitrogens with zero attached hydrogens (tertiary/aromatic N) is 1. The molecule has 0 spiro atoms. The molecular weight excluding hydrogens is 468 g/mol. The van der Waals surface area contributed by atoms with Crippen molar-refractivity contribution < 1.29 is 17.9 Å². The van der Waals surface area contributed by atoms with E-state index in [1.54, 1.807) is 19.2 Å². The number of halogens is 1. The normalized spacial score (nSPS) is 15.8. The summed E-state index contributed by atoms with van der Waals surface area (Å²) in [5.74, 6) is 0.211. The summed E-state index contributed by atoms with van der Waals surface area (Å²) < 4.78 is 34.1. The quantitative estimate of drug-likeness (QED) is 0.667. The van der Waals surface area contributed by atoms with Crippen molar-refractivity contribution in [1.82, 2.24) is 4.31 Å². The molecule has 2 aromatic rings. The van der Waals surface area contributed by atoms with Crippen LogP contribution in [0.15, 0.2) is 39.7 Å². The van der Waals surface area contributed by atoms with Crippen molar-refractivity contribution in [3.8, 4) is 5.75 Å². The second kappa shape index (κ2) is 9.08. The van der Waals surface area contributed by atoms with Crippen LogP contribution in [0, 0.1) is 26.7 Å². The third-order valence-corrected chi connectivity index (χ3v) is 8.14. The molecule has 0 aliphatic carbocycles. The molecule has 1 heterocycles. The van der Waals surface area contributed by atoms with Crippen LogP contribution in [-0.2, 0) is 14.8 Å². The van der Waals surface area contributed by atoms with Gasteiger partial charge in [-0.1, -0.05) is 33.6 Å². The number of carbonyl (C=O) groups excluding carboxylic acids is 1. The number of carbonyl (C=O) groups is 1. The second-order valence-electron chi connectivity index (χ2n) is 7.74. The Labute approximate surface area is 186 Å². The van der Waals surface area contributed by atoms with Crippen LogP contribution < -0.4 is 10.1 Å². The Bertz CT molecular complexity index is 1040. The first-order chi connectivity index (χ1) is 14.1. The zero-order chi connectivity index (χ0) is 22.1. The standard InChI is InChI=1S/C22H27BrN2O4S/c1-14-11-15(2)21(16(3)12-14)30(27,28)25-9-7-17(8-10-25)22(26)24-19-13-18(23)5-6-20(19)29-4/h5-6,11-13,17H,7-10H2,1-4H3,(H,24,26). The number of benzene rings is 2. The predicted octanol–water partition coefficient (Wildman–Crippen LogP) is 4.42. The molecule has 1 saturated heterocycles. The molecule has 1 aliphatic heterocycles. The first-order valence-corrected chi connectivity index (χ1v) is 12.1. The molecule has 0 bridgehead atoms. The number of anilines is 1. The molecule has 0 radical (unpaired) electrons. The van der Waals surface area contributed by atoms with E-state index in [0.717, 1.165) is 21.2 Å². The minimum atomic E-state index is -3.59. The number of sulfonamides is 1. The molecule has 162 valence electrons. The van der Waals surface area contributed by atoms with Gasteiger partial charge in [0, 0.05) is 23.5 Å². The Morgan fingerprint density at radius 2 is 1.70 bits per heavy atom. The van der Waals surface area contributed by atoms with Crippen molar-refractivity contribution in [2.75, 3.05) is 25.5 Å². The number of rotatable bonds is 5. The van der Waals surface area contributed by atoms with Crippen molar-refractivity contribution in [2.24, 2.45) is 5.92 Å². The topological polar surface area (TPSA) is 75.7 Å². The number of methoxy groups -OCH3 is 1. The van der Waals surface area contributed by atoms with Gasteiger partial charge in [-0.05, 0) is 62.9 Å². The number of aryl methyl sites for hydroxylation is 3. The monoisotopic (exact) mass is 494 g/mol. The van der Waals surface area contributed by atoms with Gasteiger partial charge in [-0.2, -0.15) is 4.31 Å². The molecule has 30 heavy (non-hydrogen) atoms. The van der Waals surface area contributed by atoms with E-state index in [1.807, 2.05) is 39.0 Å². The molecule has 6 nitrogen and oxygen atoms in total. The van der Waals surface area contributed by atoms with Gasteiger partial charge >= 0.3 is 0 Å². The summed E-state index contributed by atoms with van der Waals surface area (Å²) in [6.07, 6.45) is 0.955. The molecule has 0 atom stereocenters. The van der Waals surface area contributed by atoms with Gasteiger partial charge < -0.3 is 10.1 Å². The summed E-state index contributed by atoms with van der Waals surface area (Å²) in [6, 6.07) is 9.20. The Hall–Kier alpha value is -1.90. The lowest BCUT2D eigenvalue weighted by Gasteiger charge is -2.31. The average molecular weight is 495 g/mol. The fourth-order valence-electron chi connectivity index (χ4n) is 4.07. The lowest BCUT2D eigenvalue weighted by atomic mass is 9.97. The minimum Gasteiger partial charge on any atom is -0.495 e. The van der Waals surface area contributed by atoms with Crippen LogP contribution >= 0.6 is 15.9 Å². The van der Waals surface area contributed by atoms with Crippen LogP contribution in [0.2, 0.25) is 0 Å². The summed E-state index contributed by atoms with van der Waals surface area (Å²) in [5, 5.41) is 2.92. The van der Waals surface area contributed by atoms with E-state index < -0.39 is 10.0 Å². The highest BCUT2D eigenvalue weighted by atomic mass is 79.9. The number of hydrogen-bond donors (Lipinski definition) is 1. The van der Waals surface area contributed by atoms with Crippen LogP contribution in [0.5, 0.6) is 5.75 Å². The van der Waals surface area contributed by atoms with Crippen LogP contribution in [0.3, 0.4) is 0 Å². The molecule has 0 unspecified atom stereocenters. The van der Waals surface area contributed by atoms with Crippen LogP contribution in [0.4, 0.5) is 5.69 Å². The van der Waals surface area contributed by atoms with Gasteiger partial charge in [0.05, 0.1) is 17.7 Å². The molecule has 8 heteroatoms. The van der Waals surface area contributed by atoms with Crippen molar-refractivity contribution in [1.29, 1.82) is 0 Å². The molecule has 1 amide bonds. The number of amides is 1. The number of piperidine rings is 1. The molecular formula is C22H27BrN2O4S. The van der Waals surface area contributed by atoms with E-state index in [2.05, 4.69) is 21.2 Å². The summed E-state index contributed by atoms with van der Waals surface area (Å²) in [6.45, 7) is 6.27. The van der Waals surface area contributed by atoms with E-state index in [1.165, 1.54) is 4.31 Å². The average Bonchev–Trinajstić information content (AvgIpc) is 2.67. The number of nitrogens with one attached hydrogen (secondary N) is 1. The van der Waals surface area contributed by atoms with Gasteiger partial charge in [-0.15, -0.1) is 0 Å². The van der Waals surface area contributed by atoms with Crippen molar-refractivity contribution in [3.05, 3.63) is 51.5 Å². The minimum absolute atomic E-state index is 0.119. The third-order valence-electron chi connectivity index (χ3n) is 5.45. The van der Waals surface area contributed by atoms with Gasteiger partial charge in [-0.25, -0.2) is 8.42 Å². The van der Waals surface area contributed by atoms with Crippen LogP contribution in [-0.4, -0.2) is 38.8 Å². The maximum Gasteiger partial charge on any atom is 0.243 e. The van der Waals surface area contributed by atoms with Crippen molar-refractivity contribution in [2.45, 2.75) is 38.5 Å². The van der Waals surface area contributed by atoms with Crippen molar-refractivity contribution >= 4 is 37.5 Å². The summed E-state index contributed by atoms with van der Waals surface area (Å²) in [5.41, 5.74) is 3.16. The predicted molar refractivity (Wildman–Crippen MR) is 121 cm³/mol. The molecule has 1 fully saturated rings. The van der Waals surface area contributed by atoms with Crippen LogP contribution in [0.1, 0.15) is 29.5 Å². The van der Waals surface area contributed by atoms with E-state index in [-0.39, 0.29) is 11.8 Å². The van der Waals surface area contributed by atoms with Gasteiger partial charge in [0.1, 0.15) is 5.75 Å². The molecule has 1 aliphatic rings. The molecule has 0 saturated carbocycles. The van der Waals surface area contributed by atoms with Gasteiger partial charge in [-0.3, -0.25) is 4.79 Å². The fraction of sp³-hybridized carbons (Fsp3) is 0.409. The first kappa shape index (κ1) is 22.8. The molecule has 0 aromatic heterocycles. The lowest BCUT2D eigenvalue weighted by Crippen LogP contribution is -2.41. The highest BCUT2D eigenvalue weighted by Crippen LogP contribution is 2.31. The van der Waals surface area contributed by atoms with Gasteiger partial charge in [0.2, 0.25) is 15.9 Å². The summed E-state index contributed by atoms with van der Waals surface area (Å²) in [4.78, 5) is 13.2. The lowest BCUT2D eigenvalue weighted by molar-refractivity contribution is -0.120. The first-order valence-electron chi connectivity index (χ1n) is 9.86. The summed E-state index contributed by atoms with van der Waals surface area (Å²) >= 11 is 3.40. The largest absolute Gasteiger partial charge is 0.495 e. The van der Waals surface area contributed by atoms with Gasteiger partial charge in [0.15, 0.2) is 0 Å².